The molecule has 0 aliphatic heterocycles. The summed E-state index contributed by atoms with van der Waals surface area (Å²) in [6, 6.07) is 1.85. The fraction of sp³-hybridized carbons (Fsp3) is 0.500. The van der Waals surface area contributed by atoms with Gasteiger partial charge in [-0.3, -0.25) is 9.78 Å². The Morgan fingerprint density at radius 3 is 2.88 bits per heavy atom. The van der Waals surface area contributed by atoms with Crippen LogP contribution in [0.15, 0.2) is 18.5 Å². The maximum atomic E-state index is 11.9. The molecule has 0 radical (unpaired) electrons. The van der Waals surface area contributed by atoms with Crippen LogP contribution in [0.4, 0.5) is 5.69 Å². The van der Waals surface area contributed by atoms with E-state index in [0.29, 0.717) is 6.42 Å². The maximum absolute atomic E-state index is 11.9. The van der Waals surface area contributed by atoms with Crippen molar-refractivity contribution in [2.75, 3.05) is 5.32 Å². The Balaban J connectivity index is 2.75. The molecule has 1 heterocycles. The summed E-state index contributed by atoms with van der Waals surface area (Å²) in [6.07, 6.45) is 4.87. The van der Waals surface area contributed by atoms with Crippen LogP contribution in [0.3, 0.4) is 0 Å². The molecule has 1 amide bonds. The van der Waals surface area contributed by atoms with Gasteiger partial charge in [0.05, 0.1) is 17.4 Å². The van der Waals surface area contributed by atoms with E-state index in [2.05, 4.69) is 10.3 Å². The summed E-state index contributed by atoms with van der Waals surface area (Å²) in [4.78, 5) is 15.9. The van der Waals surface area contributed by atoms with E-state index in [-0.39, 0.29) is 5.91 Å². The molecule has 0 aliphatic rings. The highest BCUT2D eigenvalue weighted by Crippen LogP contribution is 2.15. The lowest BCUT2D eigenvalue weighted by molar-refractivity contribution is -0.120. The Labute approximate surface area is 96.3 Å². The molecule has 1 unspecified atom stereocenters. The molecule has 16 heavy (non-hydrogen) atoms. The molecule has 3 N–H and O–H groups in total. The van der Waals surface area contributed by atoms with Gasteiger partial charge in [-0.1, -0.05) is 13.3 Å². The fourth-order valence-electron chi connectivity index (χ4n) is 1.49. The van der Waals surface area contributed by atoms with Crippen molar-refractivity contribution >= 4 is 11.6 Å². The van der Waals surface area contributed by atoms with Crippen LogP contribution < -0.4 is 11.1 Å². The molecule has 0 saturated heterocycles. The maximum Gasteiger partial charge on any atom is 0.244 e. The number of aryl methyl sites for hydroxylation is 1. The predicted molar refractivity (Wildman–Crippen MR) is 65.1 cm³/mol. The molecule has 4 nitrogen and oxygen atoms in total. The number of nitrogens with two attached hydrogens (primary N) is 1. The second kappa shape index (κ2) is 5.07. The van der Waals surface area contributed by atoms with Crippen LogP contribution in [-0.4, -0.2) is 16.4 Å². The molecule has 0 saturated carbocycles. The van der Waals surface area contributed by atoms with Gasteiger partial charge in [-0.2, -0.15) is 0 Å². The number of anilines is 1. The highest BCUT2D eigenvalue weighted by molar-refractivity contribution is 5.97. The van der Waals surface area contributed by atoms with Crippen LogP contribution in [0.1, 0.15) is 32.3 Å². The number of nitrogens with one attached hydrogen (secondary N) is 1. The molecule has 0 spiro atoms. The topological polar surface area (TPSA) is 68.0 Å². The van der Waals surface area contributed by atoms with E-state index >= 15 is 0 Å². The number of carbonyl (C=O) groups excluding carboxylic acids is 1. The smallest absolute Gasteiger partial charge is 0.244 e. The van der Waals surface area contributed by atoms with E-state index in [1.165, 1.54) is 0 Å². The van der Waals surface area contributed by atoms with Crippen molar-refractivity contribution in [1.29, 1.82) is 0 Å². The summed E-state index contributed by atoms with van der Waals surface area (Å²) in [5, 5.41) is 2.81. The second-order valence-electron chi connectivity index (χ2n) is 4.31. The lowest BCUT2D eigenvalue weighted by Crippen LogP contribution is -2.48. The summed E-state index contributed by atoms with van der Waals surface area (Å²) in [5.74, 6) is -0.162. The van der Waals surface area contributed by atoms with Crippen molar-refractivity contribution in [3.05, 3.63) is 24.0 Å². The predicted octanol–water partition coefficient (Wildman–Crippen LogP) is 1.85. The Bertz CT molecular complexity index is 374. The van der Waals surface area contributed by atoms with Crippen molar-refractivity contribution in [2.24, 2.45) is 5.73 Å². The summed E-state index contributed by atoms with van der Waals surface area (Å²) < 4.78 is 0. The van der Waals surface area contributed by atoms with Gasteiger partial charge in [0.1, 0.15) is 0 Å². The standard InChI is InChI=1S/C12H19N3O/c1-4-6-12(3,13)11(16)15-10-8-14-7-5-9(10)2/h5,7-8H,4,6,13H2,1-3H3,(H,15,16). The van der Waals surface area contributed by atoms with Crippen LogP contribution in [-0.2, 0) is 4.79 Å². The molecule has 4 heteroatoms. The van der Waals surface area contributed by atoms with E-state index in [4.69, 9.17) is 5.73 Å². The lowest BCUT2D eigenvalue weighted by atomic mass is 9.96. The molecule has 1 aromatic heterocycles. The first-order valence-corrected chi connectivity index (χ1v) is 5.48. The van der Waals surface area contributed by atoms with Gasteiger partial charge >= 0.3 is 0 Å². The average Bonchev–Trinajstić information content (AvgIpc) is 2.21. The van der Waals surface area contributed by atoms with Crippen LogP contribution in [0, 0.1) is 6.92 Å². The Morgan fingerprint density at radius 1 is 1.62 bits per heavy atom. The van der Waals surface area contributed by atoms with Gasteiger partial charge < -0.3 is 11.1 Å². The van der Waals surface area contributed by atoms with Crippen LogP contribution >= 0.6 is 0 Å². The third-order valence-electron chi connectivity index (χ3n) is 2.58. The molecule has 1 aromatic rings. The van der Waals surface area contributed by atoms with Gasteiger partial charge in [-0.25, -0.2) is 0 Å². The first-order chi connectivity index (χ1) is 7.47. The molecule has 0 bridgehead atoms. The number of hydrogen-bond donors (Lipinski definition) is 2. The first kappa shape index (κ1) is 12.6. The highest BCUT2D eigenvalue weighted by Gasteiger charge is 2.27. The average molecular weight is 221 g/mol. The van der Waals surface area contributed by atoms with Gasteiger partial charge in [0, 0.05) is 6.20 Å². The minimum Gasteiger partial charge on any atom is -0.323 e. The molecular formula is C12H19N3O. The van der Waals surface area contributed by atoms with Gasteiger partial charge in [0.2, 0.25) is 5.91 Å². The second-order valence-corrected chi connectivity index (χ2v) is 4.31. The van der Waals surface area contributed by atoms with Gasteiger partial charge in [-0.05, 0) is 31.9 Å². The van der Waals surface area contributed by atoms with Crippen molar-refractivity contribution in [1.82, 2.24) is 4.98 Å². The molecule has 88 valence electrons. The zero-order valence-corrected chi connectivity index (χ0v) is 10.1. The van der Waals surface area contributed by atoms with Gasteiger partial charge in [0.15, 0.2) is 0 Å². The fourth-order valence-corrected chi connectivity index (χ4v) is 1.49. The molecule has 0 aromatic carbocycles. The SMILES string of the molecule is CCCC(C)(N)C(=O)Nc1cnccc1C. The van der Waals surface area contributed by atoms with Crippen molar-refractivity contribution in [3.8, 4) is 0 Å². The summed E-state index contributed by atoms with van der Waals surface area (Å²) in [6.45, 7) is 5.68. The van der Waals surface area contributed by atoms with Crippen molar-refractivity contribution in [2.45, 2.75) is 39.2 Å². The number of amides is 1. The largest absolute Gasteiger partial charge is 0.323 e. The lowest BCUT2D eigenvalue weighted by Gasteiger charge is -2.23. The molecule has 1 atom stereocenters. The molecule has 1 rings (SSSR count). The van der Waals surface area contributed by atoms with Crippen LogP contribution in [0.5, 0.6) is 0 Å². The van der Waals surface area contributed by atoms with Gasteiger partial charge in [-0.15, -0.1) is 0 Å². The third kappa shape index (κ3) is 3.03. The zero-order chi connectivity index (χ0) is 12.2. The molecular weight excluding hydrogens is 202 g/mol. The summed E-state index contributed by atoms with van der Waals surface area (Å²) >= 11 is 0. The number of hydrogen-bond acceptors (Lipinski definition) is 3. The number of pyridine rings is 1. The van der Waals surface area contributed by atoms with E-state index in [1.807, 2.05) is 19.9 Å². The summed E-state index contributed by atoms with van der Waals surface area (Å²) in [5.41, 5.74) is 6.82. The first-order valence-electron chi connectivity index (χ1n) is 5.48. The molecule has 0 fully saturated rings. The Hall–Kier alpha value is -1.42. The van der Waals surface area contributed by atoms with E-state index in [0.717, 1.165) is 17.7 Å². The molecule has 0 aliphatic carbocycles. The number of rotatable bonds is 4. The van der Waals surface area contributed by atoms with E-state index in [9.17, 15) is 4.79 Å². The monoisotopic (exact) mass is 221 g/mol. The minimum atomic E-state index is -0.822. The normalized spacial score (nSPS) is 14.2. The third-order valence-corrected chi connectivity index (χ3v) is 2.58. The number of aromatic nitrogens is 1. The van der Waals surface area contributed by atoms with Crippen molar-refractivity contribution < 1.29 is 4.79 Å². The number of carbonyl (C=O) groups is 1. The zero-order valence-electron chi connectivity index (χ0n) is 10.1. The Morgan fingerprint density at radius 2 is 2.31 bits per heavy atom. The number of nitrogens with zero attached hydrogens (tertiary/aromatic N) is 1. The minimum absolute atomic E-state index is 0.162. The quantitative estimate of drug-likeness (QED) is 0.815. The van der Waals surface area contributed by atoms with E-state index in [1.54, 1.807) is 19.3 Å². The summed E-state index contributed by atoms with van der Waals surface area (Å²) in [7, 11) is 0. The Kier molecular flexibility index (Phi) is 4.01. The van der Waals surface area contributed by atoms with Crippen LogP contribution in [0.25, 0.3) is 0 Å². The van der Waals surface area contributed by atoms with Crippen molar-refractivity contribution in [3.63, 3.8) is 0 Å². The highest BCUT2D eigenvalue weighted by atomic mass is 16.2. The van der Waals surface area contributed by atoms with Gasteiger partial charge in [0.25, 0.3) is 0 Å². The van der Waals surface area contributed by atoms with Crippen LogP contribution in [0.2, 0.25) is 0 Å². The van der Waals surface area contributed by atoms with E-state index < -0.39 is 5.54 Å².